The molecule has 1 heterocycles. The zero-order valence-corrected chi connectivity index (χ0v) is 8.79. The van der Waals surface area contributed by atoms with Crippen LogP contribution in [0.2, 0.25) is 0 Å². The third-order valence-electron chi connectivity index (χ3n) is 2.69. The SMILES string of the molecule is Cc1ccoc1C(=O)NOC1CCCC1. The van der Waals surface area contributed by atoms with Gasteiger partial charge in [0.25, 0.3) is 0 Å². The van der Waals surface area contributed by atoms with Crippen LogP contribution in [-0.4, -0.2) is 12.0 Å². The molecule has 1 aliphatic rings. The molecule has 0 aliphatic heterocycles. The van der Waals surface area contributed by atoms with Crippen LogP contribution in [0.3, 0.4) is 0 Å². The molecule has 0 radical (unpaired) electrons. The van der Waals surface area contributed by atoms with Crippen molar-refractivity contribution in [2.75, 3.05) is 0 Å². The number of hydrogen-bond acceptors (Lipinski definition) is 3. The Morgan fingerprint density at radius 1 is 1.53 bits per heavy atom. The van der Waals surface area contributed by atoms with E-state index in [0.29, 0.717) is 5.76 Å². The standard InChI is InChI=1S/C11H15NO3/c1-8-6-7-14-10(8)11(13)12-15-9-4-2-3-5-9/h6-7,9H,2-5H2,1H3,(H,12,13). The zero-order valence-electron chi connectivity index (χ0n) is 8.79. The van der Waals surface area contributed by atoms with Crippen molar-refractivity contribution in [1.82, 2.24) is 5.48 Å². The molecule has 4 nitrogen and oxygen atoms in total. The van der Waals surface area contributed by atoms with Crippen molar-refractivity contribution in [2.24, 2.45) is 0 Å². The van der Waals surface area contributed by atoms with Gasteiger partial charge in [-0.05, 0) is 25.8 Å². The third kappa shape index (κ3) is 2.39. The Labute approximate surface area is 88.6 Å². The fourth-order valence-corrected chi connectivity index (χ4v) is 1.79. The molecule has 2 rings (SSSR count). The molecule has 0 aromatic carbocycles. The van der Waals surface area contributed by atoms with E-state index < -0.39 is 0 Å². The van der Waals surface area contributed by atoms with Crippen molar-refractivity contribution in [2.45, 2.75) is 38.7 Å². The van der Waals surface area contributed by atoms with E-state index in [1.165, 1.54) is 19.1 Å². The molecule has 1 aromatic heterocycles. The lowest BCUT2D eigenvalue weighted by molar-refractivity contribution is -0.0139. The highest BCUT2D eigenvalue weighted by Crippen LogP contribution is 2.20. The predicted molar refractivity (Wildman–Crippen MR) is 54.3 cm³/mol. The molecule has 0 atom stereocenters. The number of hydrogen-bond donors (Lipinski definition) is 1. The van der Waals surface area contributed by atoms with Crippen LogP contribution in [0, 0.1) is 6.92 Å². The normalized spacial score (nSPS) is 16.9. The first-order valence-electron chi connectivity index (χ1n) is 5.27. The first-order chi connectivity index (χ1) is 7.27. The van der Waals surface area contributed by atoms with Gasteiger partial charge in [-0.15, -0.1) is 0 Å². The van der Waals surface area contributed by atoms with Crippen LogP contribution in [0.5, 0.6) is 0 Å². The van der Waals surface area contributed by atoms with Gasteiger partial charge in [0.05, 0.1) is 12.4 Å². The molecular weight excluding hydrogens is 194 g/mol. The Hall–Kier alpha value is -1.29. The molecule has 0 saturated heterocycles. The number of carbonyl (C=O) groups is 1. The van der Waals surface area contributed by atoms with E-state index >= 15 is 0 Å². The van der Waals surface area contributed by atoms with Gasteiger partial charge >= 0.3 is 5.91 Å². The topological polar surface area (TPSA) is 51.5 Å². The number of amides is 1. The van der Waals surface area contributed by atoms with Gasteiger partial charge in [0, 0.05) is 5.56 Å². The third-order valence-corrected chi connectivity index (χ3v) is 2.69. The van der Waals surface area contributed by atoms with Gasteiger partial charge in [-0.2, -0.15) is 0 Å². The molecule has 1 N–H and O–H groups in total. The summed E-state index contributed by atoms with van der Waals surface area (Å²) < 4.78 is 5.05. The van der Waals surface area contributed by atoms with Crippen molar-refractivity contribution in [3.8, 4) is 0 Å². The van der Waals surface area contributed by atoms with Gasteiger partial charge in [0.15, 0.2) is 5.76 Å². The Kier molecular flexibility index (Phi) is 3.06. The van der Waals surface area contributed by atoms with Gasteiger partial charge in [-0.3, -0.25) is 9.63 Å². The van der Waals surface area contributed by atoms with Crippen molar-refractivity contribution in [3.05, 3.63) is 23.7 Å². The molecule has 0 bridgehead atoms. The van der Waals surface area contributed by atoms with E-state index in [0.717, 1.165) is 18.4 Å². The van der Waals surface area contributed by atoms with Crippen LogP contribution in [0.1, 0.15) is 41.8 Å². The van der Waals surface area contributed by atoms with Crippen LogP contribution in [0.4, 0.5) is 0 Å². The van der Waals surface area contributed by atoms with Gasteiger partial charge in [-0.1, -0.05) is 12.8 Å². The summed E-state index contributed by atoms with van der Waals surface area (Å²) in [6.07, 6.45) is 6.08. The monoisotopic (exact) mass is 209 g/mol. The van der Waals surface area contributed by atoms with E-state index in [2.05, 4.69) is 5.48 Å². The summed E-state index contributed by atoms with van der Waals surface area (Å²) in [5, 5.41) is 0. The number of nitrogens with one attached hydrogen (secondary N) is 1. The molecule has 1 aliphatic carbocycles. The number of hydroxylamine groups is 1. The Morgan fingerprint density at radius 2 is 2.27 bits per heavy atom. The Balaban J connectivity index is 1.84. The zero-order chi connectivity index (χ0) is 10.7. The largest absolute Gasteiger partial charge is 0.459 e. The average Bonchev–Trinajstić information content (AvgIpc) is 2.84. The van der Waals surface area contributed by atoms with Crippen LogP contribution in [0.15, 0.2) is 16.7 Å². The summed E-state index contributed by atoms with van der Waals surface area (Å²) in [5.41, 5.74) is 3.26. The smallest absolute Gasteiger partial charge is 0.310 e. The molecule has 1 fully saturated rings. The van der Waals surface area contributed by atoms with Crippen LogP contribution >= 0.6 is 0 Å². The lowest BCUT2D eigenvalue weighted by atomic mass is 10.3. The van der Waals surface area contributed by atoms with E-state index in [1.54, 1.807) is 6.07 Å². The maximum atomic E-state index is 11.6. The van der Waals surface area contributed by atoms with E-state index in [9.17, 15) is 4.79 Å². The second-order valence-corrected chi connectivity index (χ2v) is 3.89. The summed E-state index contributed by atoms with van der Waals surface area (Å²) in [6.45, 7) is 1.83. The summed E-state index contributed by atoms with van der Waals surface area (Å²) in [7, 11) is 0. The van der Waals surface area contributed by atoms with Crippen LogP contribution in [0.25, 0.3) is 0 Å². The predicted octanol–water partition coefficient (Wildman–Crippen LogP) is 2.19. The molecule has 0 unspecified atom stereocenters. The van der Waals surface area contributed by atoms with Gasteiger partial charge in [0.1, 0.15) is 0 Å². The summed E-state index contributed by atoms with van der Waals surface area (Å²) in [6, 6.07) is 1.75. The van der Waals surface area contributed by atoms with Crippen LogP contribution in [-0.2, 0) is 4.84 Å². The molecule has 1 amide bonds. The maximum absolute atomic E-state index is 11.6. The summed E-state index contributed by atoms with van der Waals surface area (Å²) >= 11 is 0. The number of carbonyl (C=O) groups excluding carboxylic acids is 1. The molecule has 4 heteroatoms. The van der Waals surface area contributed by atoms with Crippen LogP contribution < -0.4 is 5.48 Å². The first kappa shape index (κ1) is 10.2. The maximum Gasteiger partial charge on any atom is 0.310 e. The van der Waals surface area contributed by atoms with Crippen molar-refractivity contribution >= 4 is 5.91 Å². The number of rotatable bonds is 3. The highest BCUT2D eigenvalue weighted by atomic mass is 16.7. The minimum atomic E-state index is -0.301. The second-order valence-electron chi connectivity index (χ2n) is 3.89. The highest BCUT2D eigenvalue weighted by Gasteiger charge is 2.18. The van der Waals surface area contributed by atoms with Gasteiger partial charge in [0.2, 0.25) is 0 Å². The lowest BCUT2D eigenvalue weighted by Crippen LogP contribution is -2.28. The molecule has 0 spiro atoms. The van der Waals surface area contributed by atoms with Gasteiger partial charge in [-0.25, -0.2) is 5.48 Å². The lowest BCUT2D eigenvalue weighted by Gasteiger charge is -2.10. The van der Waals surface area contributed by atoms with Gasteiger partial charge < -0.3 is 4.42 Å². The van der Waals surface area contributed by atoms with E-state index in [-0.39, 0.29) is 12.0 Å². The highest BCUT2D eigenvalue weighted by molar-refractivity contribution is 5.91. The quantitative estimate of drug-likeness (QED) is 0.776. The minimum absolute atomic E-state index is 0.171. The van der Waals surface area contributed by atoms with Crippen molar-refractivity contribution < 1.29 is 14.0 Å². The van der Waals surface area contributed by atoms with E-state index in [4.69, 9.17) is 9.25 Å². The number of furan rings is 1. The second kappa shape index (κ2) is 4.49. The minimum Gasteiger partial charge on any atom is -0.459 e. The van der Waals surface area contributed by atoms with E-state index in [1.807, 2.05) is 6.92 Å². The first-order valence-corrected chi connectivity index (χ1v) is 5.27. The number of aryl methyl sites for hydroxylation is 1. The molecule has 1 aromatic rings. The summed E-state index contributed by atoms with van der Waals surface area (Å²) in [4.78, 5) is 16.8. The summed E-state index contributed by atoms with van der Waals surface area (Å²) in [5.74, 6) is 0.0254. The molecule has 1 saturated carbocycles. The molecular formula is C11H15NO3. The fourth-order valence-electron chi connectivity index (χ4n) is 1.79. The molecule has 82 valence electrons. The average molecular weight is 209 g/mol. The Morgan fingerprint density at radius 3 is 2.87 bits per heavy atom. The van der Waals surface area contributed by atoms with Crippen molar-refractivity contribution in [3.63, 3.8) is 0 Å². The Bertz CT molecular complexity index is 339. The van der Waals surface area contributed by atoms with Crippen molar-refractivity contribution in [1.29, 1.82) is 0 Å². The fraction of sp³-hybridized carbons (Fsp3) is 0.545. The molecule has 15 heavy (non-hydrogen) atoms.